The van der Waals surface area contributed by atoms with Gasteiger partial charge in [0.25, 0.3) is 0 Å². The van der Waals surface area contributed by atoms with Gasteiger partial charge in [0.2, 0.25) is 5.69 Å². The van der Waals surface area contributed by atoms with Crippen molar-refractivity contribution in [2.24, 2.45) is 7.05 Å². The Balaban J connectivity index is 1.87. The molecule has 2 nitrogen and oxygen atoms in total. The van der Waals surface area contributed by atoms with E-state index in [-0.39, 0.29) is 0 Å². The van der Waals surface area contributed by atoms with Crippen molar-refractivity contribution in [3.05, 3.63) is 77.5 Å². The van der Waals surface area contributed by atoms with Gasteiger partial charge < -0.3 is 4.74 Å². The van der Waals surface area contributed by atoms with Crippen LogP contribution in [0.3, 0.4) is 0 Å². The molecule has 4 aromatic carbocycles. The predicted molar refractivity (Wildman–Crippen MR) is 129 cm³/mol. The molecule has 1 aliphatic rings. The highest BCUT2D eigenvalue weighted by molar-refractivity contribution is 6.16. The van der Waals surface area contributed by atoms with Crippen LogP contribution < -0.4 is 9.30 Å². The van der Waals surface area contributed by atoms with E-state index < -0.39 is 0 Å². The van der Waals surface area contributed by atoms with Crippen LogP contribution in [0.15, 0.2) is 60.8 Å². The summed E-state index contributed by atoms with van der Waals surface area (Å²) in [4.78, 5) is 0. The molecule has 31 heavy (non-hydrogen) atoms. The summed E-state index contributed by atoms with van der Waals surface area (Å²) in [6.45, 7) is 8.93. The van der Waals surface area contributed by atoms with Crippen LogP contribution in [0.1, 0.15) is 36.5 Å². The monoisotopic (exact) mass is 404 g/mol. The zero-order valence-corrected chi connectivity index (χ0v) is 18.7. The lowest BCUT2D eigenvalue weighted by molar-refractivity contribution is -0.659. The van der Waals surface area contributed by atoms with E-state index in [1.54, 1.807) is 0 Å². The molecule has 6 rings (SSSR count). The molecule has 0 radical (unpaired) electrons. The highest BCUT2D eigenvalue weighted by atomic mass is 16.5. The molecule has 0 atom stereocenters. The Morgan fingerprint density at radius 3 is 2.39 bits per heavy atom. The van der Waals surface area contributed by atoms with Gasteiger partial charge in [-0.15, -0.1) is 0 Å². The summed E-state index contributed by atoms with van der Waals surface area (Å²) < 4.78 is 9.08. The first-order valence-corrected chi connectivity index (χ1v) is 11.0. The molecule has 0 fully saturated rings. The molecule has 0 unspecified atom stereocenters. The van der Waals surface area contributed by atoms with Gasteiger partial charge in [0.1, 0.15) is 18.5 Å². The summed E-state index contributed by atoms with van der Waals surface area (Å²) in [6, 6.07) is 19.9. The molecule has 0 saturated heterocycles. The fraction of sp³-hybridized carbons (Fsp3) is 0.207. The SMILES string of the molecule is Cc1ccc2cc3c4c([n+](C)ccc4c2c1)-c1c(c(C(C)C)c2ccccc2c1C)O3. The number of ether oxygens (including phenoxy) is 1. The smallest absolute Gasteiger partial charge is 0.228 e. The molecular weight excluding hydrogens is 378 g/mol. The lowest BCUT2D eigenvalue weighted by Crippen LogP contribution is -2.32. The second-order valence-corrected chi connectivity index (χ2v) is 9.21. The molecule has 5 aromatic rings. The quantitative estimate of drug-likeness (QED) is 0.204. The minimum absolute atomic E-state index is 0.355. The second-order valence-electron chi connectivity index (χ2n) is 9.21. The van der Waals surface area contributed by atoms with Crippen LogP contribution in [0, 0.1) is 13.8 Å². The molecule has 0 spiro atoms. The fourth-order valence-electron chi connectivity index (χ4n) is 5.43. The lowest BCUT2D eigenvalue weighted by atomic mass is 9.85. The standard InChI is InChI=1S/C29H26NO/c1-16(2)25-21-9-7-6-8-20(21)18(4)26-28-27-22(12-13-30(28)5)23-14-17(3)10-11-19(23)15-24(27)31-29(25)26/h6-16H,1-5H3/q+1. The largest absolute Gasteiger partial charge is 0.455 e. The van der Waals surface area contributed by atoms with Crippen molar-refractivity contribution in [2.75, 3.05) is 0 Å². The number of hydrogen-bond donors (Lipinski definition) is 0. The molecule has 152 valence electrons. The van der Waals surface area contributed by atoms with Gasteiger partial charge in [-0.2, -0.15) is 0 Å². The van der Waals surface area contributed by atoms with E-state index in [9.17, 15) is 0 Å². The first kappa shape index (κ1) is 18.4. The highest BCUT2D eigenvalue weighted by Gasteiger charge is 2.33. The van der Waals surface area contributed by atoms with E-state index >= 15 is 0 Å². The fourth-order valence-corrected chi connectivity index (χ4v) is 5.43. The third-order valence-electron chi connectivity index (χ3n) is 6.85. The van der Waals surface area contributed by atoms with Crippen molar-refractivity contribution >= 4 is 32.3 Å². The summed E-state index contributed by atoms with van der Waals surface area (Å²) in [5.74, 6) is 2.34. The van der Waals surface area contributed by atoms with Crippen LogP contribution in [0.2, 0.25) is 0 Å². The lowest BCUT2D eigenvalue weighted by Gasteiger charge is -2.27. The van der Waals surface area contributed by atoms with Crippen molar-refractivity contribution in [2.45, 2.75) is 33.6 Å². The minimum Gasteiger partial charge on any atom is -0.455 e. The van der Waals surface area contributed by atoms with E-state index in [1.165, 1.54) is 60.3 Å². The number of hydrogen-bond acceptors (Lipinski definition) is 1. The molecule has 2 heterocycles. The van der Waals surface area contributed by atoms with Gasteiger partial charge in [0, 0.05) is 17.0 Å². The number of nitrogens with zero attached hydrogens (tertiary/aromatic N) is 1. The van der Waals surface area contributed by atoms with Gasteiger partial charge in [-0.05, 0) is 52.9 Å². The van der Waals surface area contributed by atoms with Crippen LogP contribution in [0.4, 0.5) is 0 Å². The van der Waals surface area contributed by atoms with Crippen LogP contribution in [0.5, 0.6) is 11.5 Å². The summed E-state index contributed by atoms with van der Waals surface area (Å²) in [7, 11) is 2.15. The van der Waals surface area contributed by atoms with Gasteiger partial charge in [-0.1, -0.05) is 61.9 Å². The summed E-state index contributed by atoms with van der Waals surface area (Å²) in [6.07, 6.45) is 2.20. The van der Waals surface area contributed by atoms with Crippen LogP contribution in [0.25, 0.3) is 43.6 Å². The van der Waals surface area contributed by atoms with Crippen molar-refractivity contribution in [3.8, 4) is 22.8 Å². The first-order chi connectivity index (χ1) is 15.0. The maximum Gasteiger partial charge on any atom is 0.228 e. The maximum absolute atomic E-state index is 6.81. The van der Waals surface area contributed by atoms with Crippen molar-refractivity contribution < 1.29 is 9.30 Å². The number of pyridine rings is 1. The highest BCUT2D eigenvalue weighted by Crippen LogP contribution is 2.53. The van der Waals surface area contributed by atoms with E-state index in [1.807, 2.05) is 0 Å². The van der Waals surface area contributed by atoms with Gasteiger partial charge in [0.05, 0.1) is 10.9 Å². The third kappa shape index (κ3) is 2.42. The Labute approximate surface area is 182 Å². The van der Waals surface area contributed by atoms with E-state index in [4.69, 9.17) is 4.74 Å². The minimum atomic E-state index is 0.355. The molecule has 0 N–H and O–H groups in total. The first-order valence-electron chi connectivity index (χ1n) is 11.0. The molecule has 0 saturated carbocycles. The number of benzene rings is 4. The average molecular weight is 405 g/mol. The zero-order chi connectivity index (χ0) is 21.4. The molecule has 1 aliphatic heterocycles. The Morgan fingerprint density at radius 1 is 0.839 bits per heavy atom. The number of aromatic nitrogens is 1. The van der Waals surface area contributed by atoms with Gasteiger partial charge in [0.15, 0.2) is 6.20 Å². The zero-order valence-electron chi connectivity index (χ0n) is 18.7. The topological polar surface area (TPSA) is 13.1 Å². The third-order valence-corrected chi connectivity index (χ3v) is 6.85. The molecule has 0 amide bonds. The van der Waals surface area contributed by atoms with Crippen molar-refractivity contribution in [1.29, 1.82) is 0 Å². The van der Waals surface area contributed by atoms with Gasteiger partial charge >= 0.3 is 0 Å². The molecule has 2 heteroatoms. The normalized spacial score (nSPS) is 12.6. The van der Waals surface area contributed by atoms with Gasteiger partial charge in [-0.3, -0.25) is 0 Å². The van der Waals surface area contributed by atoms with Gasteiger partial charge in [-0.25, -0.2) is 4.57 Å². The second kappa shape index (κ2) is 6.31. The average Bonchev–Trinajstić information content (AvgIpc) is 2.75. The Hall–Kier alpha value is -3.39. The van der Waals surface area contributed by atoms with E-state index in [0.717, 1.165) is 11.5 Å². The molecular formula is C29H26NO+. The van der Waals surface area contributed by atoms with Crippen molar-refractivity contribution in [3.63, 3.8) is 0 Å². The number of fused-ring (bicyclic) bond motifs is 5. The molecule has 0 aliphatic carbocycles. The summed E-state index contributed by atoms with van der Waals surface area (Å²) in [5, 5.41) is 7.58. The Kier molecular flexibility index (Phi) is 3.74. The summed E-state index contributed by atoms with van der Waals surface area (Å²) >= 11 is 0. The number of aryl methyl sites for hydroxylation is 3. The van der Waals surface area contributed by atoms with Crippen molar-refractivity contribution in [1.82, 2.24) is 0 Å². The van der Waals surface area contributed by atoms with Crippen LogP contribution >= 0.6 is 0 Å². The Morgan fingerprint density at radius 2 is 1.61 bits per heavy atom. The Bertz CT molecular complexity index is 1560. The van der Waals surface area contributed by atoms with E-state index in [0.29, 0.717) is 5.92 Å². The predicted octanol–water partition coefficient (Wildman–Crippen LogP) is 7.48. The summed E-state index contributed by atoms with van der Waals surface area (Å²) in [5.41, 5.74) is 6.34. The van der Waals surface area contributed by atoms with Crippen LogP contribution in [-0.4, -0.2) is 0 Å². The van der Waals surface area contributed by atoms with Crippen LogP contribution in [-0.2, 0) is 7.05 Å². The maximum atomic E-state index is 6.81. The molecule has 0 bridgehead atoms. The molecule has 1 aromatic heterocycles. The van der Waals surface area contributed by atoms with E-state index in [2.05, 4.69) is 100 Å². The number of rotatable bonds is 1.